The van der Waals surface area contributed by atoms with Gasteiger partial charge < -0.3 is 4.74 Å². The molecule has 0 radical (unpaired) electrons. The first-order chi connectivity index (χ1) is 13.7. The van der Waals surface area contributed by atoms with E-state index in [9.17, 15) is 18.5 Å². The molecule has 0 N–H and O–H groups in total. The molecule has 8 nitrogen and oxygen atoms in total. The molecule has 0 saturated heterocycles. The van der Waals surface area contributed by atoms with Gasteiger partial charge in [0.15, 0.2) is 0 Å². The topological polar surface area (TPSA) is 103 Å². The number of aryl methyl sites for hydroxylation is 2. The van der Waals surface area contributed by atoms with Gasteiger partial charge in [-0.3, -0.25) is 14.4 Å². The first-order valence-corrected chi connectivity index (χ1v) is 10.1. The maximum absolute atomic E-state index is 12.9. The van der Waals surface area contributed by atoms with Crippen LogP contribution in [-0.4, -0.2) is 25.4 Å². The molecule has 0 fully saturated rings. The third-order valence-electron chi connectivity index (χ3n) is 4.49. The van der Waals surface area contributed by atoms with Crippen LogP contribution in [0.15, 0.2) is 65.7 Å². The van der Waals surface area contributed by atoms with Crippen LogP contribution in [0.2, 0.25) is 0 Å². The average molecular weight is 413 g/mol. The van der Waals surface area contributed by atoms with Crippen molar-refractivity contribution in [3.05, 3.63) is 82.0 Å². The number of aromatic nitrogens is 1. The largest absolute Gasteiger partial charge is 0.439 e. The third kappa shape index (κ3) is 4.35. The Labute approximate surface area is 168 Å². The molecular formula is C20H19N3O5S. The Morgan fingerprint density at radius 3 is 2.24 bits per heavy atom. The van der Waals surface area contributed by atoms with Crippen molar-refractivity contribution in [3.8, 4) is 11.6 Å². The predicted molar refractivity (Wildman–Crippen MR) is 109 cm³/mol. The molecule has 2 aromatic carbocycles. The average Bonchev–Trinajstić information content (AvgIpc) is 2.70. The van der Waals surface area contributed by atoms with Crippen molar-refractivity contribution < 1.29 is 18.1 Å². The Balaban J connectivity index is 1.78. The molecule has 0 spiro atoms. The lowest BCUT2D eigenvalue weighted by atomic mass is 10.1. The van der Waals surface area contributed by atoms with E-state index in [1.54, 1.807) is 42.5 Å². The van der Waals surface area contributed by atoms with Gasteiger partial charge in [-0.05, 0) is 61.4 Å². The fraction of sp³-hybridized carbons (Fsp3) is 0.150. The second-order valence-electron chi connectivity index (χ2n) is 6.43. The van der Waals surface area contributed by atoms with Crippen molar-refractivity contribution in [2.45, 2.75) is 18.7 Å². The third-order valence-corrected chi connectivity index (χ3v) is 6.27. The Morgan fingerprint density at radius 2 is 1.69 bits per heavy atom. The lowest BCUT2D eigenvalue weighted by Crippen LogP contribution is -2.26. The van der Waals surface area contributed by atoms with Crippen molar-refractivity contribution in [2.24, 2.45) is 0 Å². The number of hydrogen-bond donors (Lipinski definition) is 0. The van der Waals surface area contributed by atoms with Gasteiger partial charge in [-0.2, -0.15) is 0 Å². The second kappa shape index (κ2) is 7.88. The molecule has 0 aliphatic carbocycles. The van der Waals surface area contributed by atoms with E-state index >= 15 is 0 Å². The smallest absolute Gasteiger partial charge is 0.287 e. The monoisotopic (exact) mass is 413 g/mol. The van der Waals surface area contributed by atoms with Gasteiger partial charge in [0.25, 0.3) is 15.7 Å². The summed E-state index contributed by atoms with van der Waals surface area (Å²) in [5, 5.41) is 10.7. The highest BCUT2D eigenvalue weighted by molar-refractivity contribution is 7.92. The van der Waals surface area contributed by atoms with Crippen LogP contribution >= 0.6 is 0 Å². The minimum Gasteiger partial charge on any atom is -0.439 e. The molecule has 0 unspecified atom stereocenters. The van der Waals surface area contributed by atoms with E-state index in [0.717, 1.165) is 17.3 Å². The van der Waals surface area contributed by atoms with Gasteiger partial charge in [0.05, 0.1) is 15.5 Å². The number of benzene rings is 2. The zero-order valence-electron chi connectivity index (χ0n) is 16.1. The first-order valence-electron chi connectivity index (χ1n) is 8.63. The maximum Gasteiger partial charge on any atom is 0.287 e. The molecule has 0 aliphatic heterocycles. The summed E-state index contributed by atoms with van der Waals surface area (Å²) in [6.45, 7) is 3.79. The Kier molecular flexibility index (Phi) is 5.51. The molecule has 0 saturated carbocycles. The van der Waals surface area contributed by atoms with E-state index in [2.05, 4.69) is 4.98 Å². The maximum atomic E-state index is 12.9. The number of nitro groups is 1. The van der Waals surface area contributed by atoms with E-state index in [1.807, 2.05) is 13.8 Å². The van der Waals surface area contributed by atoms with E-state index in [0.29, 0.717) is 11.4 Å². The molecule has 0 atom stereocenters. The van der Waals surface area contributed by atoms with Crippen LogP contribution in [-0.2, 0) is 10.0 Å². The van der Waals surface area contributed by atoms with Crippen molar-refractivity contribution in [1.29, 1.82) is 0 Å². The molecule has 0 amide bonds. The van der Waals surface area contributed by atoms with Crippen molar-refractivity contribution in [1.82, 2.24) is 4.98 Å². The zero-order chi connectivity index (χ0) is 21.2. The standard InChI is InChI=1S/C20H19N3O5S/c1-14-4-10-19(12-15(14)2)29(26,27)22(3)16-5-8-18(9-6-16)28-20-11-7-17(13-21-20)23(24)25/h4-13H,1-3H3. The molecule has 0 bridgehead atoms. The van der Waals surface area contributed by atoms with Crippen LogP contribution in [0.3, 0.4) is 0 Å². The van der Waals surface area contributed by atoms with E-state index < -0.39 is 14.9 Å². The molecule has 29 heavy (non-hydrogen) atoms. The summed E-state index contributed by atoms with van der Waals surface area (Å²) in [5.74, 6) is 0.617. The minimum atomic E-state index is -3.70. The fourth-order valence-corrected chi connectivity index (χ4v) is 3.84. The summed E-state index contributed by atoms with van der Waals surface area (Å²) >= 11 is 0. The number of nitrogens with zero attached hydrogens (tertiary/aromatic N) is 3. The van der Waals surface area contributed by atoms with Crippen LogP contribution in [0, 0.1) is 24.0 Å². The lowest BCUT2D eigenvalue weighted by molar-refractivity contribution is -0.385. The molecule has 150 valence electrons. The first kappa shape index (κ1) is 20.3. The van der Waals surface area contributed by atoms with Crippen molar-refractivity contribution >= 4 is 21.4 Å². The summed E-state index contributed by atoms with van der Waals surface area (Å²) in [5.41, 5.74) is 2.25. The molecule has 1 heterocycles. The highest BCUT2D eigenvalue weighted by Gasteiger charge is 2.21. The van der Waals surface area contributed by atoms with Gasteiger partial charge in [0.1, 0.15) is 11.9 Å². The number of ether oxygens (including phenoxy) is 1. The molecule has 0 aliphatic rings. The molecule has 9 heteroatoms. The summed E-state index contributed by atoms with van der Waals surface area (Å²) < 4.78 is 32.5. The number of hydrogen-bond acceptors (Lipinski definition) is 6. The van der Waals surface area contributed by atoms with Gasteiger partial charge >= 0.3 is 0 Å². The summed E-state index contributed by atoms with van der Waals surface area (Å²) in [6.07, 6.45) is 1.10. The number of rotatable bonds is 6. The molecule has 1 aromatic heterocycles. The second-order valence-corrected chi connectivity index (χ2v) is 8.40. The molecule has 3 rings (SSSR count). The van der Waals surface area contributed by atoms with E-state index in [1.165, 1.54) is 23.5 Å². The number of pyridine rings is 1. The Morgan fingerprint density at radius 1 is 1.00 bits per heavy atom. The van der Waals surface area contributed by atoms with Crippen LogP contribution in [0.1, 0.15) is 11.1 Å². The number of anilines is 1. The highest BCUT2D eigenvalue weighted by atomic mass is 32.2. The Hall–Kier alpha value is -3.46. The molecule has 3 aromatic rings. The number of sulfonamides is 1. The van der Waals surface area contributed by atoms with Crippen LogP contribution in [0.25, 0.3) is 0 Å². The van der Waals surface area contributed by atoms with Gasteiger partial charge in [0.2, 0.25) is 5.88 Å². The normalized spacial score (nSPS) is 11.1. The van der Waals surface area contributed by atoms with Crippen molar-refractivity contribution in [2.75, 3.05) is 11.4 Å². The Bertz CT molecular complexity index is 1140. The zero-order valence-corrected chi connectivity index (χ0v) is 16.9. The van der Waals surface area contributed by atoms with E-state index in [-0.39, 0.29) is 16.5 Å². The highest BCUT2D eigenvalue weighted by Crippen LogP contribution is 2.27. The van der Waals surface area contributed by atoms with Gasteiger partial charge in [-0.15, -0.1) is 0 Å². The SMILES string of the molecule is Cc1ccc(S(=O)(=O)N(C)c2ccc(Oc3ccc([N+](=O)[O-])cn3)cc2)cc1C. The summed E-state index contributed by atoms with van der Waals surface area (Å²) in [4.78, 5) is 14.2. The lowest BCUT2D eigenvalue weighted by Gasteiger charge is -2.20. The fourth-order valence-electron chi connectivity index (χ4n) is 2.56. The van der Waals surface area contributed by atoms with E-state index in [4.69, 9.17) is 4.74 Å². The summed E-state index contributed by atoms with van der Waals surface area (Å²) in [7, 11) is -2.22. The van der Waals surface area contributed by atoms with Crippen molar-refractivity contribution in [3.63, 3.8) is 0 Å². The van der Waals surface area contributed by atoms with Gasteiger partial charge in [-0.25, -0.2) is 13.4 Å². The van der Waals surface area contributed by atoms with Gasteiger partial charge in [0, 0.05) is 19.2 Å². The minimum absolute atomic E-state index is 0.133. The van der Waals surface area contributed by atoms with Crippen LogP contribution in [0.4, 0.5) is 11.4 Å². The van der Waals surface area contributed by atoms with Gasteiger partial charge in [-0.1, -0.05) is 6.07 Å². The quantitative estimate of drug-likeness (QED) is 0.443. The predicted octanol–water partition coefficient (Wildman–Crippen LogP) is 4.22. The summed E-state index contributed by atoms with van der Waals surface area (Å²) in [6, 6.07) is 14.1. The van der Waals surface area contributed by atoms with Crippen LogP contribution in [0.5, 0.6) is 11.6 Å². The molecular weight excluding hydrogens is 394 g/mol. The van der Waals surface area contributed by atoms with Crippen LogP contribution < -0.4 is 9.04 Å².